The van der Waals surface area contributed by atoms with E-state index in [1.165, 1.54) is 55.2 Å². The van der Waals surface area contributed by atoms with Gasteiger partial charge in [-0.3, -0.25) is 0 Å². The minimum absolute atomic E-state index is 0.218. The largest absolute Gasteiger partial charge is 0.0833 e. The quantitative estimate of drug-likeness (QED) is 0.470. The summed E-state index contributed by atoms with van der Waals surface area (Å²) in [4.78, 5) is 0. The smallest absolute Gasteiger partial charge is 0.0123 e. The molecule has 0 saturated heterocycles. The first kappa shape index (κ1) is 17.5. The van der Waals surface area contributed by atoms with Gasteiger partial charge < -0.3 is 0 Å². The summed E-state index contributed by atoms with van der Waals surface area (Å²) in [5.74, 6) is 0.683. The lowest BCUT2D eigenvalue weighted by atomic mass is 9.74. The van der Waals surface area contributed by atoms with E-state index in [0.29, 0.717) is 11.3 Å². The molecule has 24 heavy (non-hydrogen) atoms. The summed E-state index contributed by atoms with van der Waals surface area (Å²) in [6.45, 7) is 11.8. The van der Waals surface area contributed by atoms with Crippen LogP contribution in [-0.2, 0) is 5.41 Å². The minimum Gasteiger partial charge on any atom is -0.0833 e. The first-order valence-corrected chi connectivity index (χ1v) is 9.84. The highest BCUT2D eigenvalue weighted by Gasteiger charge is 2.39. The predicted octanol–water partition coefficient (Wildman–Crippen LogP) is 7.30. The Kier molecular flexibility index (Phi) is 4.78. The highest BCUT2D eigenvalue weighted by Crippen LogP contribution is 2.51. The van der Waals surface area contributed by atoms with Gasteiger partial charge in [-0.25, -0.2) is 0 Å². The Bertz CT molecular complexity index is 646. The molecule has 0 heterocycles. The van der Waals surface area contributed by atoms with Crippen molar-refractivity contribution in [1.29, 1.82) is 0 Å². The maximum atomic E-state index is 2.38. The van der Waals surface area contributed by atoms with Crippen LogP contribution < -0.4 is 0 Å². The van der Waals surface area contributed by atoms with Crippen LogP contribution in [0, 0.1) is 11.3 Å². The molecule has 4 rings (SSSR count). The summed E-state index contributed by atoms with van der Waals surface area (Å²) >= 11 is 0. The van der Waals surface area contributed by atoms with Gasteiger partial charge >= 0.3 is 0 Å². The van der Waals surface area contributed by atoms with Gasteiger partial charge in [0, 0.05) is 5.41 Å². The van der Waals surface area contributed by atoms with E-state index in [4.69, 9.17) is 0 Å². The van der Waals surface area contributed by atoms with Gasteiger partial charge in [-0.15, -0.1) is 0 Å². The zero-order chi connectivity index (χ0) is 17.4. The molecule has 1 fully saturated rings. The van der Waals surface area contributed by atoms with Crippen molar-refractivity contribution in [3.05, 3.63) is 53.1 Å². The van der Waals surface area contributed by atoms with Crippen LogP contribution in [0.3, 0.4) is 0 Å². The summed E-state index contributed by atoms with van der Waals surface area (Å²) in [5, 5.41) is 0. The molecule has 1 aromatic rings. The molecular formula is C24H34. The van der Waals surface area contributed by atoms with Crippen LogP contribution in [0.2, 0.25) is 0 Å². The fourth-order valence-electron chi connectivity index (χ4n) is 4.97. The average Bonchev–Trinajstić information content (AvgIpc) is 2.78. The van der Waals surface area contributed by atoms with Crippen molar-refractivity contribution in [2.45, 2.75) is 78.6 Å². The fourth-order valence-corrected chi connectivity index (χ4v) is 4.97. The molecular weight excluding hydrogens is 288 g/mol. The maximum absolute atomic E-state index is 2.38. The Balaban J connectivity index is 0.000000179. The number of benzene rings is 1. The van der Waals surface area contributed by atoms with Crippen LogP contribution >= 0.6 is 0 Å². The van der Waals surface area contributed by atoms with Gasteiger partial charge in [0.2, 0.25) is 0 Å². The number of hydrogen-bond donors (Lipinski definition) is 0. The zero-order valence-corrected chi connectivity index (χ0v) is 16.3. The molecule has 0 radical (unpaired) electrons. The van der Waals surface area contributed by atoms with Crippen LogP contribution in [0.4, 0.5) is 0 Å². The molecule has 3 aliphatic carbocycles. The van der Waals surface area contributed by atoms with Crippen molar-refractivity contribution in [1.82, 2.24) is 0 Å². The maximum Gasteiger partial charge on any atom is 0.0123 e. The molecule has 1 saturated carbocycles. The Morgan fingerprint density at radius 2 is 1.58 bits per heavy atom. The number of rotatable bonds is 0. The van der Waals surface area contributed by atoms with Crippen molar-refractivity contribution < 1.29 is 0 Å². The van der Waals surface area contributed by atoms with Gasteiger partial charge in [-0.2, -0.15) is 0 Å². The van der Waals surface area contributed by atoms with Crippen LogP contribution in [0.15, 0.2) is 42.0 Å². The van der Waals surface area contributed by atoms with Gasteiger partial charge in [-0.1, -0.05) is 90.3 Å². The van der Waals surface area contributed by atoms with Crippen molar-refractivity contribution in [3.63, 3.8) is 0 Å². The SMILES string of the molecule is CC1(C)CCCCC1.CC1CC=CC2=C1C(C)(C)c1ccccc12. The Morgan fingerprint density at radius 1 is 0.917 bits per heavy atom. The second-order valence-electron chi connectivity index (χ2n) is 9.26. The van der Waals surface area contributed by atoms with Gasteiger partial charge in [0.25, 0.3) is 0 Å². The molecule has 1 aromatic carbocycles. The van der Waals surface area contributed by atoms with Gasteiger partial charge in [0.1, 0.15) is 0 Å². The topological polar surface area (TPSA) is 0 Å². The summed E-state index contributed by atoms with van der Waals surface area (Å²) < 4.78 is 0. The van der Waals surface area contributed by atoms with Gasteiger partial charge in [-0.05, 0) is 52.9 Å². The number of fused-ring (bicyclic) bond motifs is 2. The highest BCUT2D eigenvalue weighted by atomic mass is 14.4. The molecule has 0 spiro atoms. The van der Waals surface area contributed by atoms with Gasteiger partial charge in [0.15, 0.2) is 0 Å². The van der Waals surface area contributed by atoms with E-state index in [-0.39, 0.29) is 5.41 Å². The van der Waals surface area contributed by atoms with E-state index in [1.54, 1.807) is 5.57 Å². The fraction of sp³-hybridized carbons (Fsp3) is 0.583. The summed E-state index contributed by atoms with van der Waals surface area (Å²) in [5.41, 5.74) is 6.97. The zero-order valence-electron chi connectivity index (χ0n) is 16.3. The van der Waals surface area contributed by atoms with E-state index in [1.807, 2.05) is 0 Å². The molecule has 1 unspecified atom stereocenters. The van der Waals surface area contributed by atoms with Crippen LogP contribution in [-0.4, -0.2) is 0 Å². The van der Waals surface area contributed by atoms with Crippen molar-refractivity contribution >= 4 is 5.57 Å². The molecule has 0 amide bonds. The molecule has 0 N–H and O–H groups in total. The highest BCUT2D eigenvalue weighted by molar-refractivity contribution is 5.86. The van der Waals surface area contributed by atoms with E-state index >= 15 is 0 Å². The van der Waals surface area contributed by atoms with Crippen LogP contribution in [0.25, 0.3) is 5.57 Å². The normalized spacial score (nSPS) is 26.3. The van der Waals surface area contributed by atoms with E-state index in [2.05, 4.69) is 71.0 Å². The number of allylic oxidation sites excluding steroid dienone is 4. The number of hydrogen-bond acceptors (Lipinski definition) is 0. The second kappa shape index (κ2) is 6.54. The van der Waals surface area contributed by atoms with E-state index < -0.39 is 0 Å². The molecule has 0 bridgehead atoms. The molecule has 3 aliphatic rings. The molecule has 0 nitrogen and oxygen atoms in total. The standard InChI is InChI=1S/C16H18.C8H16/c1-11-7-6-9-13-12-8-4-5-10-14(12)16(2,3)15(11)13;1-8(2)6-4-3-5-7-8/h4-6,8-11H,7H2,1-3H3;3-7H2,1-2H3. The molecule has 0 aromatic heterocycles. The molecule has 130 valence electrons. The van der Waals surface area contributed by atoms with Crippen molar-refractivity contribution in [3.8, 4) is 0 Å². The summed E-state index contributed by atoms with van der Waals surface area (Å²) in [6, 6.07) is 8.86. The van der Waals surface area contributed by atoms with E-state index in [0.717, 1.165) is 0 Å². The van der Waals surface area contributed by atoms with Crippen molar-refractivity contribution in [2.75, 3.05) is 0 Å². The predicted molar refractivity (Wildman–Crippen MR) is 106 cm³/mol. The minimum atomic E-state index is 0.218. The van der Waals surface area contributed by atoms with Gasteiger partial charge in [0.05, 0.1) is 0 Å². The third kappa shape index (κ3) is 3.25. The molecule has 0 aliphatic heterocycles. The third-order valence-electron chi connectivity index (χ3n) is 6.33. The first-order valence-electron chi connectivity index (χ1n) is 9.84. The summed E-state index contributed by atoms with van der Waals surface area (Å²) in [6.07, 6.45) is 13.1. The second-order valence-corrected chi connectivity index (χ2v) is 9.26. The lowest BCUT2D eigenvalue weighted by Gasteiger charge is -2.30. The van der Waals surface area contributed by atoms with E-state index in [9.17, 15) is 0 Å². The van der Waals surface area contributed by atoms with Crippen LogP contribution in [0.5, 0.6) is 0 Å². The Hall–Kier alpha value is -1.30. The lowest BCUT2D eigenvalue weighted by Crippen LogP contribution is -2.22. The summed E-state index contributed by atoms with van der Waals surface area (Å²) in [7, 11) is 0. The first-order chi connectivity index (χ1) is 11.3. The van der Waals surface area contributed by atoms with Crippen LogP contribution in [0.1, 0.15) is 84.3 Å². The lowest BCUT2D eigenvalue weighted by molar-refractivity contribution is 0.244. The molecule has 1 atom stereocenters. The Morgan fingerprint density at radius 3 is 2.21 bits per heavy atom. The third-order valence-corrected chi connectivity index (χ3v) is 6.33. The Labute approximate surface area is 149 Å². The monoisotopic (exact) mass is 322 g/mol. The molecule has 0 heteroatoms. The average molecular weight is 323 g/mol. The van der Waals surface area contributed by atoms with Crippen molar-refractivity contribution in [2.24, 2.45) is 11.3 Å².